The van der Waals surface area contributed by atoms with Gasteiger partial charge in [-0.1, -0.05) is 19.4 Å². The average Bonchev–Trinajstić information content (AvgIpc) is 2.15. The standard InChI is InChI=1S/C11H13O2/c1-2-3-5-9-6-4-7-10(8-9)11(12)13/h6-8H,2-3,5H2,1H3,(H,12,13). The summed E-state index contributed by atoms with van der Waals surface area (Å²) in [7, 11) is 0. The zero-order valence-electron chi connectivity index (χ0n) is 7.71. The van der Waals surface area contributed by atoms with E-state index in [-0.39, 0.29) is 0 Å². The maximum atomic E-state index is 10.6. The lowest BCUT2D eigenvalue weighted by atomic mass is 10.1. The van der Waals surface area contributed by atoms with Crippen LogP contribution in [0.15, 0.2) is 18.2 Å². The van der Waals surface area contributed by atoms with Crippen molar-refractivity contribution in [2.75, 3.05) is 0 Å². The van der Waals surface area contributed by atoms with Crippen LogP contribution >= 0.6 is 0 Å². The minimum absolute atomic E-state index is 0.327. The van der Waals surface area contributed by atoms with Gasteiger partial charge >= 0.3 is 5.97 Å². The third kappa shape index (κ3) is 2.90. The van der Waals surface area contributed by atoms with Gasteiger partial charge in [-0.25, -0.2) is 4.79 Å². The molecule has 0 saturated carbocycles. The van der Waals surface area contributed by atoms with E-state index in [0.717, 1.165) is 24.8 Å². The molecule has 0 fully saturated rings. The van der Waals surface area contributed by atoms with Crippen molar-refractivity contribution in [3.63, 3.8) is 0 Å². The molecule has 0 unspecified atom stereocenters. The molecule has 0 aliphatic heterocycles. The molecular weight excluding hydrogens is 164 g/mol. The van der Waals surface area contributed by atoms with Crippen LogP contribution in [0.2, 0.25) is 0 Å². The Bertz CT molecular complexity index is 292. The second-order valence-electron chi connectivity index (χ2n) is 3.04. The topological polar surface area (TPSA) is 37.3 Å². The van der Waals surface area contributed by atoms with Gasteiger partial charge in [-0.2, -0.15) is 0 Å². The number of carboxylic acid groups (broad SMARTS) is 1. The number of hydrogen-bond acceptors (Lipinski definition) is 1. The highest BCUT2D eigenvalue weighted by molar-refractivity contribution is 5.87. The van der Waals surface area contributed by atoms with Crippen molar-refractivity contribution >= 4 is 5.97 Å². The third-order valence-corrected chi connectivity index (χ3v) is 1.91. The zero-order chi connectivity index (χ0) is 9.68. The predicted octanol–water partition coefficient (Wildman–Crippen LogP) is 2.53. The number of hydrogen-bond donors (Lipinski definition) is 1. The molecule has 13 heavy (non-hydrogen) atoms. The van der Waals surface area contributed by atoms with Crippen LogP contribution in [-0.2, 0) is 6.42 Å². The Morgan fingerprint density at radius 3 is 2.92 bits per heavy atom. The predicted molar refractivity (Wildman–Crippen MR) is 50.8 cm³/mol. The Morgan fingerprint density at radius 2 is 2.31 bits per heavy atom. The summed E-state index contributed by atoms with van der Waals surface area (Å²) in [6.07, 6.45) is 3.16. The second kappa shape index (κ2) is 4.65. The Morgan fingerprint density at radius 1 is 1.54 bits per heavy atom. The van der Waals surface area contributed by atoms with Crippen LogP contribution in [0.3, 0.4) is 0 Å². The smallest absolute Gasteiger partial charge is 0.335 e. The summed E-state index contributed by atoms with van der Waals surface area (Å²) >= 11 is 0. The van der Waals surface area contributed by atoms with Crippen LogP contribution in [0.1, 0.15) is 35.7 Å². The molecular formula is C11H13O2. The Hall–Kier alpha value is -1.31. The fourth-order valence-electron chi connectivity index (χ4n) is 1.17. The first-order valence-electron chi connectivity index (χ1n) is 4.47. The molecule has 1 aromatic carbocycles. The number of unbranched alkanes of at least 4 members (excludes halogenated alkanes) is 1. The number of carboxylic acids is 1. The molecule has 0 amide bonds. The van der Waals surface area contributed by atoms with Gasteiger partial charge in [-0.3, -0.25) is 0 Å². The van der Waals surface area contributed by atoms with Crippen molar-refractivity contribution < 1.29 is 9.90 Å². The summed E-state index contributed by atoms with van der Waals surface area (Å²) < 4.78 is 0. The van der Waals surface area contributed by atoms with Gasteiger partial charge in [0.25, 0.3) is 0 Å². The second-order valence-corrected chi connectivity index (χ2v) is 3.04. The lowest BCUT2D eigenvalue weighted by Crippen LogP contribution is -1.97. The summed E-state index contributed by atoms with van der Waals surface area (Å²) in [6, 6.07) is 7.90. The highest BCUT2D eigenvalue weighted by Gasteiger charge is 2.02. The van der Waals surface area contributed by atoms with Crippen molar-refractivity contribution in [2.45, 2.75) is 26.2 Å². The number of aromatic carboxylic acids is 1. The molecule has 1 rings (SSSR count). The summed E-state index contributed by atoms with van der Waals surface area (Å²) in [5, 5.41) is 8.71. The Kier molecular flexibility index (Phi) is 3.50. The van der Waals surface area contributed by atoms with Crippen molar-refractivity contribution in [3.05, 3.63) is 35.4 Å². The van der Waals surface area contributed by atoms with Gasteiger partial charge in [0.15, 0.2) is 0 Å². The van der Waals surface area contributed by atoms with Crippen LogP contribution in [0.25, 0.3) is 0 Å². The summed E-state index contributed by atoms with van der Waals surface area (Å²) in [5.41, 5.74) is 1.38. The molecule has 0 heterocycles. The quantitative estimate of drug-likeness (QED) is 0.767. The number of carbonyl (C=O) groups is 1. The van der Waals surface area contributed by atoms with Crippen molar-refractivity contribution in [1.29, 1.82) is 0 Å². The lowest BCUT2D eigenvalue weighted by Gasteiger charge is -2.00. The molecule has 0 atom stereocenters. The first-order valence-corrected chi connectivity index (χ1v) is 4.47. The first-order chi connectivity index (χ1) is 6.24. The highest BCUT2D eigenvalue weighted by atomic mass is 16.4. The number of benzene rings is 1. The van der Waals surface area contributed by atoms with E-state index in [1.165, 1.54) is 6.07 Å². The van der Waals surface area contributed by atoms with E-state index in [9.17, 15) is 4.79 Å². The van der Waals surface area contributed by atoms with Crippen molar-refractivity contribution in [2.24, 2.45) is 0 Å². The molecule has 0 bridgehead atoms. The molecule has 1 N–H and O–H groups in total. The monoisotopic (exact) mass is 177 g/mol. The fourth-order valence-corrected chi connectivity index (χ4v) is 1.17. The largest absolute Gasteiger partial charge is 0.478 e. The average molecular weight is 177 g/mol. The van der Waals surface area contributed by atoms with Crippen LogP contribution in [0.5, 0.6) is 0 Å². The van der Waals surface area contributed by atoms with Crippen LogP contribution in [0.4, 0.5) is 0 Å². The third-order valence-electron chi connectivity index (χ3n) is 1.91. The van der Waals surface area contributed by atoms with Crippen LogP contribution in [0, 0.1) is 6.07 Å². The summed E-state index contributed by atoms with van der Waals surface area (Å²) in [5.74, 6) is -0.880. The van der Waals surface area contributed by atoms with Gasteiger partial charge in [-0.05, 0) is 36.6 Å². The Labute approximate surface area is 78.2 Å². The molecule has 0 spiro atoms. The zero-order valence-corrected chi connectivity index (χ0v) is 7.71. The molecule has 1 radical (unpaired) electrons. The van der Waals surface area contributed by atoms with Gasteiger partial charge in [0.2, 0.25) is 0 Å². The SMILES string of the molecule is CCCCc1c[c]cc(C(=O)O)c1. The van der Waals surface area contributed by atoms with Gasteiger partial charge in [0.05, 0.1) is 5.56 Å². The van der Waals surface area contributed by atoms with Crippen LogP contribution < -0.4 is 0 Å². The van der Waals surface area contributed by atoms with E-state index in [4.69, 9.17) is 5.11 Å². The van der Waals surface area contributed by atoms with E-state index < -0.39 is 5.97 Å². The summed E-state index contributed by atoms with van der Waals surface area (Å²) in [6.45, 7) is 2.12. The first kappa shape index (κ1) is 9.78. The fraction of sp³-hybridized carbons (Fsp3) is 0.364. The van der Waals surface area contributed by atoms with E-state index in [2.05, 4.69) is 13.0 Å². The molecule has 2 heteroatoms. The van der Waals surface area contributed by atoms with Crippen LogP contribution in [-0.4, -0.2) is 11.1 Å². The highest BCUT2D eigenvalue weighted by Crippen LogP contribution is 2.08. The molecule has 69 valence electrons. The normalized spacial score (nSPS) is 9.92. The molecule has 2 nitrogen and oxygen atoms in total. The van der Waals surface area contributed by atoms with Gasteiger partial charge < -0.3 is 5.11 Å². The Balaban J connectivity index is 2.73. The van der Waals surface area contributed by atoms with E-state index >= 15 is 0 Å². The minimum Gasteiger partial charge on any atom is -0.478 e. The van der Waals surface area contributed by atoms with Gasteiger partial charge in [0, 0.05) is 0 Å². The molecule has 1 aromatic rings. The molecule has 0 saturated heterocycles. The van der Waals surface area contributed by atoms with Gasteiger partial charge in [0.1, 0.15) is 0 Å². The van der Waals surface area contributed by atoms with E-state index in [1.807, 2.05) is 6.07 Å². The van der Waals surface area contributed by atoms with Crippen molar-refractivity contribution in [3.8, 4) is 0 Å². The van der Waals surface area contributed by atoms with Gasteiger partial charge in [-0.15, -0.1) is 0 Å². The number of rotatable bonds is 4. The summed E-state index contributed by atoms with van der Waals surface area (Å²) in [4.78, 5) is 10.6. The lowest BCUT2D eigenvalue weighted by molar-refractivity contribution is 0.0696. The van der Waals surface area contributed by atoms with Crippen molar-refractivity contribution in [1.82, 2.24) is 0 Å². The molecule has 0 aliphatic carbocycles. The number of aryl methyl sites for hydroxylation is 1. The van der Waals surface area contributed by atoms with E-state index in [0.29, 0.717) is 5.56 Å². The maximum absolute atomic E-state index is 10.6. The molecule has 0 aliphatic rings. The molecule has 0 aromatic heterocycles. The minimum atomic E-state index is -0.880. The van der Waals surface area contributed by atoms with E-state index in [1.54, 1.807) is 6.07 Å². The maximum Gasteiger partial charge on any atom is 0.335 e.